The van der Waals surface area contributed by atoms with Crippen molar-refractivity contribution in [2.24, 2.45) is 0 Å². The molecule has 0 atom stereocenters. The van der Waals surface area contributed by atoms with Crippen molar-refractivity contribution < 1.29 is 0 Å². The van der Waals surface area contributed by atoms with Crippen LogP contribution < -0.4 is 9.80 Å². The van der Waals surface area contributed by atoms with E-state index < -0.39 is 0 Å². The summed E-state index contributed by atoms with van der Waals surface area (Å²) in [5.41, 5.74) is 24.6. The van der Waals surface area contributed by atoms with Crippen LogP contribution in [0.3, 0.4) is 0 Å². The highest BCUT2D eigenvalue weighted by Gasteiger charge is 2.26. The zero-order valence-corrected chi connectivity index (χ0v) is 49.2. The van der Waals surface area contributed by atoms with Gasteiger partial charge < -0.3 is 28.1 Å². The average molecular weight is 1130 g/mol. The van der Waals surface area contributed by atoms with Gasteiger partial charge in [-0.1, -0.05) is 146 Å². The molecule has 6 heteroatoms. The summed E-state index contributed by atoms with van der Waals surface area (Å²) in [5.74, 6) is 0. The van der Waals surface area contributed by atoms with Gasteiger partial charge in [0.25, 0.3) is 0 Å². The molecule has 2 aliphatic heterocycles. The van der Waals surface area contributed by atoms with Crippen LogP contribution in [-0.2, 0) is 0 Å². The number of hydrogen-bond acceptors (Lipinski definition) is 2. The molecule has 0 aliphatic carbocycles. The third kappa shape index (κ3) is 8.08. The van der Waals surface area contributed by atoms with Crippen molar-refractivity contribution in [1.82, 2.24) is 18.3 Å². The van der Waals surface area contributed by atoms with Crippen LogP contribution in [0, 0.1) is 0 Å². The molecule has 6 heterocycles. The molecule has 0 saturated carbocycles. The molecule has 18 rings (SSSR count). The summed E-state index contributed by atoms with van der Waals surface area (Å²) in [5, 5.41) is 10.0. The lowest BCUT2D eigenvalue weighted by atomic mass is 9.92. The standard InChI is InChI=1S/C82H64N6/c1-7-23-59(24-8-1)85-73-33-17-15-31-63(73)69-51-81-71(53-79(69)85)67-47-55(37-41-75(67)87(81)61-27-11-3-12-28-61)57-35-39-65(77(49-57)83-43-19-5-20-44-83)66-40-36-58(50-78(66)84-45-21-6-22-46-84)56-38-42-76-68(48-56)72-54-80-70(52-82(72)88(76)62-29-13-4-14-30-62)64-32-16-18-34-74(64)86(80)60-25-9-2-10-26-60/h1-4,7-18,23-42,47-54H,5-6,19-22,43-46H2. The van der Waals surface area contributed by atoms with E-state index in [-0.39, 0.29) is 0 Å². The Hall–Kier alpha value is -10.6. The maximum absolute atomic E-state index is 2.69. The first-order valence-corrected chi connectivity index (χ1v) is 31.7. The molecule has 0 unspecified atom stereocenters. The van der Waals surface area contributed by atoms with Crippen molar-refractivity contribution in [2.75, 3.05) is 36.0 Å². The van der Waals surface area contributed by atoms with Crippen molar-refractivity contribution in [3.63, 3.8) is 0 Å². The van der Waals surface area contributed by atoms with Crippen LogP contribution in [0.5, 0.6) is 0 Å². The Labute approximate surface area is 511 Å². The predicted molar refractivity (Wildman–Crippen MR) is 372 cm³/mol. The lowest BCUT2D eigenvalue weighted by Gasteiger charge is -2.34. The lowest BCUT2D eigenvalue weighted by Crippen LogP contribution is -2.31. The highest BCUT2D eigenvalue weighted by molar-refractivity contribution is 6.21. The Kier molecular flexibility index (Phi) is 11.9. The maximum Gasteiger partial charge on any atom is 0.0548 e. The van der Waals surface area contributed by atoms with Gasteiger partial charge in [0.15, 0.2) is 0 Å². The summed E-state index contributed by atoms with van der Waals surface area (Å²) in [6.07, 6.45) is 7.34. The number of benzene rings is 12. The van der Waals surface area contributed by atoms with Crippen LogP contribution in [0.1, 0.15) is 38.5 Å². The Morgan fingerprint density at radius 2 is 0.466 bits per heavy atom. The molecule has 0 spiro atoms. The van der Waals surface area contributed by atoms with E-state index in [1.165, 1.54) is 182 Å². The minimum absolute atomic E-state index is 1.05. The van der Waals surface area contributed by atoms with Crippen LogP contribution in [0.25, 0.3) is 143 Å². The second-order valence-corrected chi connectivity index (χ2v) is 24.5. The molecule has 2 saturated heterocycles. The highest BCUT2D eigenvalue weighted by Crippen LogP contribution is 2.47. The Balaban J connectivity index is 0.800. The van der Waals surface area contributed by atoms with Crippen LogP contribution in [0.15, 0.2) is 267 Å². The quantitative estimate of drug-likeness (QED) is 0.144. The largest absolute Gasteiger partial charge is 0.371 e. The number of anilines is 2. The third-order valence-electron chi connectivity index (χ3n) is 19.5. The number of hydrogen-bond donors (Lipinski definition) is 0. The maximum atomic E-state index is 2.69. The van der Waals surface area contributed by atoms with Gasteiger partial charge in [-0.25, -0.2) is 0 Å². The molecular weight excluding hydrogens is 1070 g/mol. The summed E-state index contributed by atoms with van der Waals surface area (Å²) < 4.78 is 9.84. The normalized spacial score (nSPS) is 14.1. The molecule has 0 N–H and O–H groups in total. The van der Waals surface area contributed by atoms with Gasteiger partial charge in [0, 0.05) is 115 Å². The van der Waals surface area contributed by atoms with E-state index in [0.29, 0.717) is 0 Å². The highest BCUT2D eigenvalue weighted by atomic mass is 15.1. The van der Waals surface area contributed by atoms with Crippen molar-refractivity contribution in [3.05, 3.63) is 267 Å². The fourth-order valence-electron chi connectivity index (χ4n) is 15.4. The zero-order chi connectivity index (χ0) is 57.8. The van der Waals surface area contributed by atoms with Crippen molar-refractivity contribution in [1.29, 1.82) is 0 Å². The molecule has 4 aromatic heterocycles. The molecule has 0 radical (unpaired) electrons. The zero-order valence-electron chi connectivity index (χ0n) is 49.2. The first-order valence-electron chi connectivity index (χ1n) is 31.7. The Morgan fingerprint density at radius 1 is 0.193 bits per heavy atom. The van der Waals surface area contributed by atoms with Crippen molar-refractivity contribution in [3.8, 4) is 56.1 Å². The monoisotopic (exact) mass is 1130 g/mol. The number of rotatable bonds is 9. The molecule has 12 aromatic carbocycles. The second kappa shape index (κ2) is 20.6. The lowest BCUT2D eigenvalue weighted by molar-refractivity contribution is 0.577. The van der Waals surface area contributed by atoms with E-state index in [1.54, 1.807) is 0 Å². The van der Waals surface area contributed by atoms with E-state index in [4.69, 9.17) is 0 Å². The minimum atomic E-state index is 1.05. The molecule has 0 bridgehead atoms. The van der Waals surface area contributed by atoms with Crippen LogP contribution in [0.4, 0.5) is 11.4 Å². The van der Waals surface area contributed by atoms with Crippen molar-refractivity contribution in [2.45, 2.75) is 38.5 Å². The summed E-state index contributed by atoms with van der Waals surface area (Å²) >= 11 is 0. The third-order valence-corrected chi connectivity index (χ3v) is 19.5. The summed E-state index contributed by atoms with van der Waals surface area (Å²) in [4.78, 5) is 5.39. The SMILES string of the molecule is c1ccc(-n2c3ccccc3c3cc4c(cc32)c2cc(-c3ccc(-c5ccc(-c6ccc7c(c6)c6cc8c(cc6n7-c6ccccc6)c6ccccc6n8-c6ccccc6)cc5N5CCCCC5)c(N5CCCCC5)c3)ccc2n4-c2ccccc2)cc1. The smallest absolute Gasteiger partial charge is 0.0548 e. The summed E-state index contributed by atoms with van der Waals surface area (Å²) in [6.45, 7) is 4.21. The summed E-state index contributed by atoms with van der Waals surface area (Å²) in [6, 6.07) is 100. The van der Waals surface area contributed by atoms with E-state index in [2.05, 4.69) is 295 Å². The second-order valence-electron chi connectivity index (χ2n) is 24.5. The van der Waals surface area contributed by atoms with E-state index >= 15 is 0 Å². The van der Waals surface area contributed by atoms with E-state index in [0.717, 1.165) is 37.6 Å². The van der Waals surface area contributed by atoms with Gasteiger partial charge in [-0.15, -0.1) is 0 Å². The number of piperidine rings is 2. The van der Waals surface area contributed by atoms with Crippen LogP contribution in [0.2, 0.25) is 0 Å². The molecule has 6 nitrogen and oxygen atoms in total. The minimum Gasteiger partial charge on any atom is -0.371 e. The molecule has 2 fully saturated rings. The predicted octanol–water partition coefficient (Wildman–Crippen LogP) is 21.1. The fourth-order valence-corrected chi connectivity index (χ4v) is 15.4. The van der Waals surface area contributed by atoms with Crippen molar-refractivity contribution >= 4 is 98.6 Å². The van der Waals surface area contributed by atoms with Gasteiger partial charge >= 0.3 is 0 Å². The number of nitrogens with zero attached hydrogens (tertiary/aromatic N) is 6. The van der Waals surface area contributed by atoms with E-state index in [9.17, 15) is 0 Å². The fraction of sp³-hybridized carbons (Fsp3) is 0.122. The van der Waals surface area contributed by atoms with Crippen LogP contribution >= 0.6 is 0 Å². The molecule has 2 aliphatic rings. The average Bonchev–Trinajstić information content (AvgIpc) is 1.75. The number of aromatic nitrogens is 4. The van der Waals surface area contributed by atoms with Gasteiger partial charge in [-0.05, 0) is 182 Å². The van der Waals surface area contributed by atoms with Gasteiger partial charge in [-0.3, -0.25) is 0 Å². The van der Waals surface area contributed by atoms with Gasteiger partial charge in [-0.2, -0.15) is 0 Å². The van der Waals surface area contributed by atoms with Gasteiger partial charge in [0.05, 0.1) is 44.1 Å². The van der Waals surface area contributed by atoms with E-state index in [1.807, 2.05) is 0 Å². The molecule has 422 valence electrons. The molecule has 16 aromatic rings. The van der Waals surface area contributed by atoms with Gasteiger partial charge in [0.2, 0.25) is 0 Å². The number of para-hydroxylation sites is 6. The topological polar surface area (TPSA) is 26.2 Å². The first-order chi connectivity index (χ1) is 43.7. The first kappa shape index (κ1) is 50.7. The summed E-state index contributed by atoms with van der Waals surface area (Å²) in [7, 11) is 0. The van der Waals surface area contributed by atoms with Crippen LogP contribution in [-0.4, -0.2) is 44.4 Å². The Morgan fingerprint density at radius 3 is 0.818 bits per heavy atom. The molecule has 0 amide bonds. The number of fused-ring (bicyclic) bond motifs is 12. The molecular formula is C82H64N6. The molecule has 88 heavy (non-hydrogen) atoms. The Bertz CT molecular complexity index is 5050. The van der Waals surface area contributed by atoms with Gasteiger partial charge in [0.1, 0.15) is 0 Å².